The van der Waals surface area contributed by atoms with Gasteiger partial charge in [-0.2, -0.15) is 4.31 Å². The molecule has 0 bridgehead atoms. The van der Waals surface area contributed by atoms with Gasteiger partial charge in [0.1, 0.15) is 5.72 Å². The van der Waals surface area contributed by atoms with E-state index in [1.807, 2.05) is 12.1 Å². The Morgan fingerprint density at radius 3 is 2.22 bits per heavy atom. The maximum absolute atomic E-state index is 12.8. The SMILES string of the molecule is CC(C)(C)c1ccc(S(=O)(=O)N2CCC3(CC2)NCCO3)cc1. The van der Waals surface area contributed by atoms with Gasteiger partial charge in [0.15, 0.2) is 0 Å². The molecule has 3 rings (SSSR count). The molecule has 6 heteroatoms. The maximum Gasteiger partial charge on any atom is 0.243 e. The molecule has 0 saturated carbocycles. The monoisotopic (exact) mass is 338 g/mol. The van der Waals surface area contributed by atoms with Gasteiger partial charge in [0, 0.05) is 32.5 Å². The molecule has 23 heavy (non-hydrogen) atoms. The Balaban J connectivity index is 1.74. The highest BCUT2D eigenvalue weighted by Crippen LogP contribution is 2.30. The van der Waals surface area contributed by atoms with Crippen molar-refractivity contribution in [3.8, 4) is 0 Å². The Morgan fingerprint density at radius 1 is 1.13 bits per heavy atom. The van der Waals surface area contributed by atoms with Gasteiger partial charge in [0.2, 0.25) is 10.0 Å². The number of sulfonamides is 1. The van der Waals surface area contributed by atoms with Crippen LogP contribution in [0.15, 0.2) is 29.2 Å². The maximum atomic E-state index is 12.8. The zero-order chi connectivity index (χ0) is 16.7. The predicted molar refractivity (Wildman–Crippen MR) is 89.8 cm³/mol. The summed E-state index contributed by atoms with van der Waals surface area (Å²) in [6.07, 6.45) is 1.40. The molecule has 0 radical (unpaired) electrons. The Morgan fingerprint density at radius 2 is 1.74 bits per heavy atom. The van der Waals surface area contributed by atoms with Crippen LogP contribution in [0, 0.1) is 0 Å². The Labute approximate surface area is 139 Å². The van der Waals surface area contributed by atoms with E-state index in [1.54, 1.807) is 16.4 Å². The second kappa shape index (κ2) is 5.84. The van der Waals surface area contributed by atoms with Crippen molar-refractivity contribution in [3.05, 3.63) is 29.8 Å². The summed E-state index contributed by atoms with van der Waals surface area (Å²) in [7, 11) is -3.42. The lowest BCUT2D eigenvalue weighted by Gasteiger charge is -2.37. The van der Waals surface area contributed by atoms with Gasteiger partial charge in [0.05, 0.1) is 11.5 Å². The number of ether oxygens (including phenoxy) is 1. The van der Waals surface area contributed by atoms with Gasteiger partial charge < -0.3 is 4.74 Å². The molecule has 0 aromatic heterocycles. The first kappa shape index (κ1) is 16.9. The smallest absolute Gasteiger partial charge is 0.243 e. The molecule has 0 unspecified atom stereocenters. The molecule has 2 saturated heterocycles. The van der Waals surface area contributed by atoms with Crippen LogP contribution >= 0.6 is 0 Å². The first-order valence-corrected chi connectivity index (χ1v) is 9.67. The van der Waals surface area contributed by atoms with Crippen LogP contribution in [0.4, 0.5) is 0 Å². The fraction of sp³-hybridized carbons (Fsp3) is 0.647. The number of benzene rings is 1. The van der Waals surface area contributed by atoms with Gasteiger partial charge in [-0.05, 0) is 23.1 Å². The zero-order valence-corrected chi connectivity index (χ0v) is 14.9. The normalized spacial score (nSPS) is 22.6. The number of nitrogens with one attached hydrogen (secondary N) is 1. The van der Waals surface area contributed by atoms with E-state index in [0.717, 1.165) is 12.1 Å². The highest BCUT2D eigenvalue weighted by atomic mass is 32.2. The number of hydrogen-bond acceptors (Lipinski definition) is 4. The van der Waals surface area contributed by atoms with Crippen LogP contribution in [0.2, 0.25) is 0 Å². The summed E-state index contributed by atoms with van der Waals surface area (Å²) in [5.74, 6) is 0. The van der Waals surface area contributed by atoms with Crippen LogP contribution in [0.3, 0.4) is 0 Å². The third-order valence-electron chi connectivity index (χ3n) is 4.82. The lowest BCUT2D eigenvalue weighted by Crippen LogP contribution is -2.52. The fourth-order valence-electron chi connectivity index (χ4n) is 3.26. The summed E-state index contributed by atoms with van der Waals surface area (Å²) in [4.78, 5) is 0.377. The van der Waals surface area contributed by atoms with Crippen LogP contribution in [0.25, 0.3) is 0 Å². The molecule has 1 aromatic carbocycles. The van der Waals surface area contributed by atoms with Gasteiger partial charge in [-0.3, -0.25) is 5.32 Å². The molecule has 2 aliphatic heterocycles. The minimum Gasteiger partial charge on any atom is -0.359 e. The molecule has 2 fully saturated rings. The molecule has 128 valence electrons. The lowest BCUT2D eigenvalue weighted by atomic mass is 9.87. The molecular formula is C17H26N2O3S. The molecule has 0 aliphatic carbocycles. The van der Waals surface area contributed by atoms with Crippen molar-refractivity contribution in [2.75, 3.05) is 26.2 Å². The van der Waals surface area contributed by atoms with Crippen molar-refractivity contribution >= 4 is 10.0 Å². The molecule has 2 heterocycles. The van der Waals surface area contributed by atoms with E-state index >= 15 is 0 Å². The Hall–Kier alpha value is -0.950. The molecule has 1 N–H and O–H groups in total. The summed E-state index contributed by atoms with van der Waals surface area (Å²) >= 11 is 0. The van der Waals surface area contributed by atoms with Gasteiger partial charge in [-0.25, -0.2) is 8.42 Å². The van der Waals surface area contributed by atoms with E-state index in [2.05, 4.69) is 26.1 Å². The van der Waals surface area contributed by atoms with E-state index < -0.39 is 10.0 Å². The van der Waals surface area contributed by atoms with Gasteiger partial charge in [0.25, 0.3) is 0 Å². The average molecular weight is 338 g/mol. The third-order valence-corrected chi connectivity index (χ3v) is 6.73. The van der Waals surface area contributed by atoms with Crippen LogP contribution in [-0.4, -0.2) is 44.7 Å². The van der Waals surface area contributed by atoms with Crippen molar-refractivity contribution in [2.24, 2.45) is 0 Å². The van der Waals surface area contributed by atoms with E-state index in [9.17, 15) is 8.42 Å². The van der Waals surface area contributed by atoms with Gasteiger partial charge >= 0.3 is 0 Å². The van der Waals surface area contributed by atoms with Gasteiger partial charge in [-0.15, -0.1) is 0 Å². The summed E-state index contributed by atoms with van der Waals surface area (Å²) in [6, 6.07) is 7.29. The number of hydrogen-bond donors (Lipinski definition) is 1. The lowest BCUT2D eigenvalue weighted by molar-refractivity contribution is -0.0445. The van der Waals surface area contributed by atoms with E-state index in [0.29, 0.717) is 37.4 Å². The van der Waals surface area contributed by atoms with E-state index in [4.69, 9.17) is 4.74 Å². The fourth-order valence-corrected chi connectivity index (χ4v) is 4.70. The van der Waals surface area contributed by atoms with Crippen molar-refractivity contribution in [2.45, 2.75) is 49.6 Å². The molecule has 0 amide bonds. The Kier molecular flexibility index (Phi) is 4.29. The minimum atomic E-state index is -3.42. The minimum absolute atomic E-state index is 0.0191. The molecule has 0 atom stereocenters. The van der Waals surface area contributed by atoms with Gasteiger partial charge in [-0.1, -0.05) is 32.9 Å². The zero-order valence-electron chi connectivity index (χ0n) is 14.1. The summed E-state index contributed by atoms with van der Waals surface area (Å²) in [5, 5.41) is 3.36. The summed E-state index contributed by atoms with van der Waals surface area (Å²) in [6.45, 7) is 8.91. The molecule has 5 nitrogen and oxygen atoms in total. The first-order chi connectivity index (χ1) is 10.7. The second-order valence-electron chi connectivity index (χ2n) is 7.45. The summed E-state index contributed by atoms with van der Waals surface area (Å²) in [5.41, 5.74) is 0.852. The van der Waals surface area contributed by atoms with Crippen LogP contribution < -0.4 is 5.32 Å². The van der Waals surface area contributed by atoms with Crippen molar-refractivity contribution < 1.29 is 13.2 Å². The van der Waals surface area contributed by atoms with Crippen molar-refractivity contribution in [3.63, 3.8) is 0 Å². The molecule has 1 spiro atoms. The van der Waals surface area contributed by atoms with E-state index in [1.165, 1.54) is 0 Å². The highest BCUT2D eigenvalue weighted by Gasteiger charge is 2.41. The number of piperidine rings is 1. The Bertz CT molecular complexity index is 646. The largest absolute Gasteiger partial charge is 0.359 e. The molecular weight excluding hydrogens is 312 g/mol. The first-order valence-electron chi connectivity index (χ1n) is 8.23. The van der Waals surface area contributed by atoms with E-state index in [-0.39, 0.29) is 11.1 Å². The molecule has 1 aromatic rings. The van der Waals surface area contributed by atoms with Crippen LogP contribution in [0.1, 0.15) is 39.2 Å². The quantitative estimate of drug-likeness (QED) is 0.897. The van der Waals surface area contributed by atoms with Crippen LogP contribution in [-0.2, 0) is 20.2 Å². The van der Waals surface area contributed by atoms with Crippen LogP contribution in [0.5, 0.6) is 0 Å². The third kappa shape index (κ3) is 3.31. The topological polar surface area (TPSA) is 58.6 Å². The average Bonchev–Trinajstić information content (AvgIpc) is 2.95. The standard InChI is InChI=1S/C17H26N2O3S/c1-16(2,3)14-4-6-15(7-5-14)23(20,21)19-11-8-17(9-12-19)18-10-13-22-17/h4-7,18H,8-13H2,1-3H3. The highest BCUT2D eigenvalue weighted by molar-refractivity contribution is 7.89. The second-order valence-corrected chi connectivity index (χ2v) is 9.39. The molecule has 2 aliphatic rings. The predicted octanol–water partition coefficient (Wildman–Crippen LogP) is 2.08. The van der Waals surface area contributed by atoms with Crippen molar-refractivity contribution in [1.82, 2.24) is 9.62 Å². The number of rotatable bonds is 2. The summed E-state index contributed by atoms with van der Waals surface area (Å²) < 4.78 is 33.0. The van der Waals surface area contributed by atoms with Crippen molar-refractivity contribution in [1.29, 1.82) is 0 Å². The number of nitrogens with zero attached hydrogens (tertiary/aromatic N) is 1.